The molecule has 2 aromatic heterocycles. The largest absolute Gasteiger partial charge is 0.455 e. The molecule has 0 saturated heterocycles. The minimum Gasteiger partial charge on any atom is -0.455 e. The van der Waals surface area contributed by atoms with Crippen LogP contribution in [0.2, 0.25) is 0 Å². The van der Waals surface area contributed by atoms with E-state index in [9.17, 15) is 0 Å². The summed E-state index contributed by atoms with van der Waals surface area (Å²) in [6.07, 6.45) is 0. The maximum Gasteiger partial charge on any atom is 0.143 e. The first-order chi connectivity index (χ1) is 68.4. The number of fused-ring (bicyclic) bond motifs is 26. The van der Waals surface area contributed by atoms with Crippen LogP contribution in [0.15, 0.2) is 531 Å². The summed E-state index contributed by atoms with van der Waals surface area (Å²) < 4.78 is 13.6. The van der Waals surface area contributed by atoms with Crippen LogP contribution in [-0.2, 0) is 10.8 Å². The molecule has 0 radical (unpaired) electrons. The zero-order chi connectivity index (χ0) is 90.9. The van der Waals surface area contributed by atoms with Gasteiger partial charge in [-0.2, -0.15) is 0 Å². The zero-order valence-corrected chi connectivity index (χ0v) is 75.4. The molecule has 138 heavy (non-hydrogen) atoms. The molecular formula is C134H86N2O2. The predicted octanol–water partition coefficient (Wildman–Crippen LogP) is 36.1. The zero-order valence-electron chi connectivity index (χ0n) is 75.4. The van der Waals surface area contributed by atoms with E-state index >= 15 is 0 Å². The van der Waals surface area contributed by atoms with Crippen molar-refractivity contribution in [3.05, 3.63) is 566 Å². The quantitative estimate of drug-likeness (QED) is 0.109. The Morgan fingerprint density at radius 2 is 0.377 bits per heavy atom. The van der Waals surface area contributed by atoms with Crippen molar-refractivity contribution in [3.8, 4) is 134 Å². The monoisotopic (exact) mass is 1750 g/mol. The minimum atomic E-state index is -0.424. The summed E-state index contributed by atoms with van der Waals surface area (Å²) in [6.45, 7) is 0. The van der Waals surface area contributed by atoms with Gasteiger partial charge in [0.2, 0.25) is 0 Å². The van der Waals surface area contributed by atoms with Gasteiger partial charge in [0.05, 0.1) is 16.5 Å². The molecule has 4 aliphatic rings. The van der Waals surface area contributed by atoms with E-state index in [1.807, 2.05) is 0 Å². The van der Waals surface area contributed by atoms with Gasteiger partial charge in [0, 0.05) is 66.7 Å². The van der Waals surface area contributed by atoms with E-state index in [2.05, 4.69) is 532 Å². The fourth-order valence-electron chi connectivity index (χ4n) is 23.3. The molecule has 0 amide bonds. The number of hydrogen-bond acceptors (Lipinski definition) is 4. The van der Waals surface area contributed by atoms with Crippen LogP contribution in [0.5, 0.6) is 0 Å². The van der Waals surface area contributed by atoms with E-state index < -0.39 is 10.8 Å². The highest BCUT2D eigenvalue weighted by molar-refractivity contribution is 6.14. The first kappa shape index (κ1) is 79.8. The van der Waals surface area contributed by atoms with Crippen LogP contribution in [0.1, 0.15) is 44.5 Å². The highest BCUT2D eigenvalue weighted by Gasteiger charge is 2.53. The van der Waals surface area contributed by atoms with E-state index in [-0.39, 0.29) is 0 Å². The maximum absolute atomic E-state index is 6.82. The lowest BCUT2D eigenvalue weighted by molar-refractivity contribution is 0.669. The summed E-state index contributed by atoms with van der Waals surface area (Å²) in [4.78, 5) is 4.73. The molecule has 28 rings (SSSR count). The van der Waals surface area contributed by atoms with E-state index in [0.717, 1.165) is 117 Å². The maximum atomic E-state index is 6.82. The molecule has 0 saturated carbocycles. The van der Waals surface area contributed by atoms with E-state index in [0.29, 0.717) is 0 Å². The van der Waals surface area contributed by atoms with Gasteiger partial charge in [-0.25, -0.2) is 0 Å². The van der Waals surface area contributed by atoms with E-state index in [1.54, 1.807) is 0 Å². The number of benzene rings is 22. The summed E-state index contributed by atoms with van der Waals surface area (Å²) >= 11 is 0. The SMILES string of the molecule is c1ccc(-c2ccc(N(c3ccc(-c4cc(-c5ccc6c(c5)C5(c7ccccc7-c7ccccc75)c5ccccc5-6)cc5c4oc4ccccc45)cc3)c3ccccc3-c3ccccc3)cc2)cc1.c1ccc(-c2ccc(N(c3ccc(-c4ccccc4)cc3)c3ccc(-c4cc(-c5ccc6c(c5)C5(c7ccccc7-c7ccccc75)c5ccccc5-6)cc5c4oc4ccccc45)cc3)cc2)cc1. The van der Waals surface area contributed by atoms with Crippen LogP contribution in [0.3, 0.4) is 0 Å². The minimum absolute atomic E-state index is 0.421. The number of rotatable bonds is 14. The molecular weight excluding hydrogens is 1670 g/mol. The van der Waals surface area contributed by atoms with Crippen molar-refractivity contribution >= 4 is 78.0 Å². The Balaban J connectivity index is 0.000000139. The Morgan fingerprint density at radius 3 is 0.710 bits per heavy atom. The van der Waals surface area contributed by atoms with Crippen molar-refractivity contribution in [3.63, 3.8) is 0 Å². The van der Waals surface area contributed by atoms with Gasteiger partial charge in [-0.3, -0.25) is 0 Å². The van der Waals surface area contributed by atoms with Crippen LogP contribution in [0.25, 0.3) is 177 Å². The summed E-state index contributed by atoms with van der Waals surface area (Å²) in [7, 11) is 0. The van der Waals surface area contributed by atoms with Crippen molar-refractivity contribution in [1.29, 1.82) is 0 Å². The van der Waals surface area contributed by atoms with E-state index in [1.165, 1.54) is 139 Å². The summed E-state index contributed by atoms with van der Waals surface area (Å²) in [5, 5.41) is 4.43. The van der Waals surface area contributed by atoms with Crippen LogP contribution >= 0.6 is 0 Å². The standard InChI is InChI=1S/2C67H43NO/c1-3-17-44(18-4-1)45-31-36-50(37-32-45)68(64-29-15-10-21-52(64)46-19-5-2-6-20-46)51-38-33-47(34-39-51)58-41-49(42-59-57-25-11-16-30-65(57)69-66(58)59)48-35-40-56-55-24-9-14-28-62(55)67(63(56)43-48)60-26-12-7-22-53(60)54-23-8-13-27-61(54)67;1-3-15-44(16-4-1)46-27-34-51(35-28-46)68(52-36-29-47(30-37-52)45-17-5-2-6-18-45)53-38-31-48(32-39-53)59-41-50(42-60-58-22-10-14-26-65(58)69-66(59)60)49-33-40-57-56-21-9-13-25-63(56)67(64(57)43-49)61-23-11-7-19-54(61)55-20-8-12-24-62(55)67/h2*1-43H. The van der Waals surface area contributed by atoms with Gasteiger partial charge in [0.1, 0.15) is 22.3 Å². The summed E-state index contributed by atoms with van der Waals surface area (Å²) in [5.74, 6) is 0. The Hall–Kier alpha value is -18.0. The molecule has 22 aromatic carbocycles. The number of anilines is 6. The molecule has 2 spiro atoms. The molecule has 2 heterocycles. The fourth-order valence-corrected chi connectivity index (χ4v) is 23.3. The molecule has 0 N–H and O–H groups in total. The highest BCUT2D eigenvalue weighted by atomic mass is 16.3. The lowest BCUT2D eigenvalue weighted by atomic mass is 9.70. The topological polar surface area (TPSA) is 32.8 Å². The molecule has 0 fully saturated rings. The Labute approximate surface area is 801 Å². The van der Waals surface area contributed by atoms with Crippen molar-refractivity contribution in [2.75, 3.05) is 9.80 Å². The van der Waals surface area contributed by atoms with E-state index in [4.69, 9.17) is 8.83 Å². The van der Waals surface area contributed by atoms with Crippen molar-refractivity contribution in [2.45, 2.75) is 10.8 Å². The van der Waals surface area contributed by atoms with Crippen LogP contribution in [-0.4, -0.2) is 0 Å². The lowest BCUT2D eigenvalue weighted by Crippen LogP contribution is -2.25. The van der Waals surface area contributed by atoms with Gasteiger partial charge in [0.15, 0.2) is 0 Å². The van der Waals surface area contributed by atoms with Crippen LogP contribution in [0, 0.1) is 0 Å². The number of nitrogens with zero attached hydrogens (tertiary/aromatic N) is 2. The molecule has 4 nitrogen and oxygen atoms in total. The van der Waals surface area contributed by atoms with Crippen molar-refractivity contribution in [1.82, 2.24) is 0 Å². The average molecular weight is 1760 g/mol. The van der Waals surface area contributed by atoms with Gasteiger partial charge in [-0.05, 0) is 277 Å². The molecule has 4 aliphatic carbocycles. The second kappa shape index (κ2) is 32.5. The fraction of sp³-hybridized carbons (Fsp3) is 0.0149. The molecule has 24 aromatic rings. The number of para-hydroxylation sites is 3. The van der Waals surface area contributed by atoms with Gasteiger partial charge in [-0.15, -0.1) is 0 Å². The normalized spacial score (nSPS) is 12.8. The van der Waals surface area contributed by atoms with Gasteiger partial charge >= 0.3 is 0 Å². The molecule has 4 heteroatoms. The van der Waals surface area contributed by atoms with Crippen molar-refractivity contribution < 1.29 is 8.83 Å². The number of furan rings is 2. The Morgan fingerprint density at radius 1 is 0.138 bits per heavy atom. The highest BCUT2D eigenvalue weighted by Crippen LogP contribution is 2.66. The van der Waals surface area contributed by atoms with Crippen molar-refractivity contribution in [2.24, 2.45) is 0 Å². The summed E-state index contributed by atoms with van der Waals surface area (Å²) in [6, 6.07) is 191. The van der Waals surface area contributed by atoms with Gasteiger partial charge in [0.25, 0.3) is 0 Å². The number of hydrogen-bond donors (Lipinski definition) is 0. The van der Waals surface area contributed by atoms with Gasteiger partial charge < -0.3 is 18.6 Å². The first-order valence-corrected chi connectivity index (χ1v) is 47.6. The Kier molecular flexibility index (Phi) is 18.8. The summed E-state index contributed by atoms with van der Waals surface area (Å²) in [5.41, 5.74) is 48.8. The van der Waals surface area contributed by atoms with Crippen LogP contribution in [0.4, 0.5) is 34.1 Å². The third kappa shape index (κ3) is 12.7. The molecule has 0 bridgehead atoms. The predicted molar refractivity (Wildman–Crippen MR) is 573 cm³/mol. The second-order valence-electron chi connectivity index (χ2n) is 36.7. The molecule has 0 atom stereocenters. The third-order valence-electron chi connectivity index (χ3n) is 29.4. The second-order valence-corrected chi connectivity index (χ2v) is 36.7. The third-order valence-corrected chi connectivity index (χ3v) is 29.4. The van der Waals surface area contributed by atoms with Gasteiger partial charge in [-0.1, -0.05) is 406 Å². The smallest absolute Gasteiger partial charge is 0.143 e. The Bertz CT molecular complexity index is 8690. The average Bonchev–Trinajstić information content (AvgIpc) is 1.51. The molecule has 0 unspecified atom stereocenters. The molecule has 644 valence electrons. The lowest BCUT2D eigenvalue weighted by Gasteiger charge is -2.30. The van der Waals surface area contributed by atoms with Crippen LogP contribution < -0.4 is 9.80 Å². The first-order valence-electron chi connectivity index (χ1n) is 47.6. The molecule has 0 aliphatic heterocycles.